The molecule has 8 heteroatoms. The molecule has 1 amide bonds. The van der Waals surface area contributed by atoms with E-state index in [-0.39, 0.29) is 16.9 Å². The lowest BCUT2D eigenvalue weighted by Crippen LogP contribution is -2.37. The van der Waals surface area contributed by atoms with Crippen molar-refractivity contribution in [2.45, 2.75) is 12.8 Å². The van der Waals surface area contributed by atoms with Gasteiger partial charge in [0, 0.05) is 20.1 Å². The first kappa shape index (κ1) is 19.1. The summed E-state index contributed by atoms with van der Waals surface area (Å²) in [6, 6.07) is 10.9. The van der Waals surface area contributed by atoms with Crippen molar-refractivity contribution in [1.82, 2.24) is 24.2 Å². The minimum atomic E-state index is -0.334. The maximum absolute atomic E-state index is 13.4. The number of amides is 1. The molecule has 0 atom stereocenters. The van der Waals surface area contributed by atoms with E-state index < -0.39 is 0 Å². The highest BCUT2D eigenvalue weighted by atomic mass is 35.5. The van der Waals surface area contributed by atoms with Crippen LogP contribution >= 0.6 is 11.6 Å². The molecule has 7 nitrogen and oxygen atoms in total. The van der Waals surface area contributed by atoms with E-state index in [0.717, 1.165) is 30.7 Å². The number of pyridine rings is 2. The Morgan fingerprint density at radius 1 is 1.20 bits per heavy atom. The molecule has 1 saturated heterocycles. The van der Waals surface area contributed by atoms with Gasteiger partial charge in [-0.05, 0) is 50.2 Å². The maximum Gasteiger partial charge on any atom is 0.261 e. The number of hydrogen-bond acceptors (Lipinski definition) is 4. The van der Waals surface area contributed by atoms with Crippen molar-refractivity contribution in [3.63, 3.8) is 0 Å². The average molecular weight is 424 g/mol. The predicted molar refractivity (Wildman–Crippen MR) is 118 cm³/mol. The van der Waals surface area contributed by atoms with Crippen molar-refractivity contribution in [3.8, 4) is 0 Å². The molecule has 4 heterocycles. The van der Waals surface area contributed by atoms with Crippen LogP contribution in [-0.2, 0) is 0 Å². The summed E-state index contributed by atoms with van der Waals surface area (Å²) in [6.45, 7) is 3.52. The number of imidazole rings is 1. The first-order chi connectivity index (χ1) is 14.5. The zero-order chi connectivity index (χ0) is 20.8. The molecule has 0 radical (unpaired) electrons. The molecule has 0 spiro atoms. The average Bonchev–Trinajstić information content (AvgIpc) is 3.39. The molecule has 0 saturated carbocycles. The highest BCUT2D eigenvalue weighted by molar-refractivity contribution is 6.29. The molecule has 1 N–H and O–H groups in total. The lowest BCUT2D eigenvalue weighted by Gasteiger charge is -2.21. The van der Waals surface area contributed by atoms with Crippen LogP contribution in [-0.4, -0.2) is 63.3 Å². The van der Waals surface area contributed by atoms with E-state index in [2.05, 4.69) is 14.9 Å². The van der Waals surface area contributed by atoms with Crippen LogP contribution in [0.15, 0.2) is 41.2 Å². The molecule has 4 aromatic rings. The Labute approximate surface area is 177 Å². The van der Waals surface area contributed by atoms with Gasteiger partial charge in [0.15, 0.2) is 5.65 Å². The number of hydrogen-bond donors (Lipinski definition) is 1. The summed E-state index contributed by atoms with van der Waals surface area (Å²) < 4.78 is 1.82. The first-order valence-electron chi connectivity index (χ1n) is 10.1. The van der Waals surface area contributed by atoms with Crippen molar-refractivity contribution >= 4 is 45.2 Å². The van der Waals surface area contributed by atoms with Crippen LogP contribution in [0.4, 0.5) is 0 Å². The van der Waals surface area contributed by atoms with Crippen molar-refractivity contribution in [3.05, 3.63) is 57.3 Å². The van der Waals surface area contributed by atoms with E-state index >= 15 is 0 Å². The Hall–Kier alpha value is -2.90. The fraction of sp³-hybridized carbons (Fsp3) is 0.318. The van der Waals surface area contributed by atoms with Gasteiger partial charge in [-0.2, -0.15) is 0 Å². The smallest absolute Gasteiger partial charge is 0.261 e. The van der Waals surface area contributed by atoms with Gasteiger partial charge >= 0.3 is 0 Å². The van der Waals surface area contributed by atoms with Crippen molar-refractivity contribution < 1.29 is 4.79 Å². The van der Waals surface area contributed by atoms with E-state index in [4.69, 9.17) is 11.6 Å². The number of likely N-dealkylation sites (N-methyl/N-ethyl adjacent to an activating group) is 1. The van der Waals surface area contributed by atoms with Crippen LogP contribution in [0.1, 0.15) is 23.2 Å². The molecular weight excluding hydrogens is 402 g/mol. The summed E-state index contributed by atoms with van der Waals surface area (Å²) >= 11 is 6.13. The highest BCUT2D eigenvalue weighted by Crippen LogP contribution is 2.24. The Morgan fingerprint density at radius 3 is 2.77 bits per heavy atom. The normalized spacial score (nSPS) is 14.9. The van der Waals surface area contributed by atoms with Crippen molar-refractivity contribution in [1.29, 1.82) is 0 Å². The van der Waals surface area contributed by atoms with Gasteiger partial charge in [-0.25, -0.2) is 4.98 Å². The number of nitrogens with zero attached hydrogens (tertiary/aromatic N) is 4. The number of para-hydroxylation sites is 2. The second kappa shape index (κ2) is 7.41. The fourth-order valence-corrected chi connectivity index (χ4v) is 4.42. The van der Waals surface area contributed by atoms with E-state index in [1.165, 1.54) is 12.8 Å². The van der Waals surface area contributed by atoms with Crippen LogP contribution in [0, 0.1) is 0 Å². The zero-order valence-electron chi connectivity index (χ0n) is 16.7. The SMILES string of the molecule is CN(CCN1CCCC1)C(=O)c1c(=O)c2ccc(Cl)nc2n2c1[nH]c1ccccc12. The third kappa shape index (κ3) is 3.05. The molecular formula is C22H22ClN5O2. The van der Waals surface area contributed by atoms with Gasteiger partial charge in [-0.1, -0.05) is 23.7 Å². The number of benzene rings is 1. The largest absolute Gasteiger partial charge is 0.340 e. The fourth-order valence-electron chi connectivity index (χ4n) is 4.28. The molecule has 0 bridgehead atoms. The summed E-state index contributed by atoms with van der Waals surface area (Å²) in [5.74, 6) is -0.292. The molecule has 1 aliphatic rings. The Bertz CT molecular complexity index is 1340. The molecule has 0 unspecified atom stereocenters. The van der Waals surface area contributed by atoms with Gasteiger partial charge in [-0.15, -0.1) is 0 Å². The highest BCUT2D eigenvalue weighted by Gasteiger charge is 2.25. The topological polar surface area (TPSA) is 73.7 Å². The number of carbonyl (C=O) groups is 1. The number of rotatable bonds is 4. The van der Waals surface area contributed by atoms with E-state index in [9.17, 15) is 9.59 Å². The maximum atomic E-state index is 13.4. The Morgan fingerprint density at radius 2 is 1.97 bits per heavy atom. The number of H-pyrrole nitrogens is 1. The van der Waals surface area contributed by atoms with E-state index in [1.54, 1.807) is 24.1 Å². The Kier molecular flexibility index (Phi) is 4.72. The molecule has 3 aromatic heterocycles. The zero-order valence-corrected chi connectivity index (χ0v) is 17.4. The molecule has 1 aliphatic heterocycles. The lowest BCUT2D eigenvalue weighted by molar-refractivity contribution is 0.0782. The number of carbonyl (C=O) groups excluding carboxylic acids is 1. The number of aromatic amines is 1. The van der Waals surface area contributed by atoms with Gasteiger partial charge < -0.3 is 14.8 Å². The van der Waals surface area contributed by atoms with Crippen LogP contribution in [0.25, 0.3) is 27.7 Å². The molecule has 0 aliphatic carbocycles. The van der Waals surface area contributed by atoms with Gasteiger partial charge in [0.2, 0.25) is 5.43 Å². The summed E-state index contributed by atoms with van der Waals surface area (Å²) in [6.07, 6.45) is 2.41. The number of aromatic nitrogens is 3. The monoisotopic (exact) mass is 423 g/mol. The summed E-state index contributed by atoms with van der Waals surface area (Å²) in [5, 5.41) is 0.667. The number of nitrogens with one attached hydrogen (secondary N) is 1. The van der Waals surface area contributed by atoms with Crippen LogP contribution in [0.5, 0.6) is 0 Å². The van der Waals surface area contributed by atoms with Gasteiger partial charge in [0.1, 0.15) is 16.4 Å². The molecule has 154 valence electrons. The van der Waals surface area contributed by atoms with Gasteiger partial charge in [-0.3, -0.25) is 14.0 Å². The van der Waals surface area contributed by atoms with Crippen molar-refractivity contribution in [2.75, 3.05) is 33.2 Å². The van der Waals surface area contributed by atoms with Crippen LogP contribution in [0.2, 0.25) is 5.15 Å². The molecule has 30 heavy (non-hydrogen) atoms. The van der Waals surface area contributed by atoms with Gasteiger partial charge in [0.05, 0.1) is 16.4 Å². The second-order valence-corrected chi connectivity index (χ2v) is 8.20. The van der Waals surface area contributed by atoms with Gasteiger partial charge in [0.25, 0.3) is 5.91 Å². The quantitative estimate of drug-likeness (QED) is 0.512. The lowest BCUT2D eigenvalue weighted by atomic mass is 10.1. The number of likely N-dealkylation sites (tertiary alicyclic amines) is 1. The van der Waals surface area contributed by atoms with Crippen LogP contribution < -0.4 is 5.43 Å². The summed E-state index contributed by atoms with van der Waals surface area (Å²) in [5.41, 5.74) is 2.34. The summed E-state index contributed by atoms with van der Waals surface area (Å²) in [4.78, 5) is 38.4. The van der Waals surface area contributed by atoms with Crippen molar-refractivity contribution in [2.24, 2.45) is 0 Å². The minimum absolute atomic E-state index is 0.131. The second-order valence-electron chi connectivity index (χ2n) is 7.81. The number of fused-ring (bicyclic) bond motifs is 5. The molecule has 1 aromatic carbocycles. The molecule has 1 fully saturated rings. The third-order valence-electron chi connectivity index (χ3n) is 5.89. The Balaban J connectivity index is 1.68. The van der Waals surface area contributed by atoms with Crippen LogP contribution in [0.3, 0.4) is 0 Å². The third-order valence-corrected chi connectivity index (χ3v) is 6.10. The summed E-state index contributed by atoms with van der Waals surface area (Å²) in [7, 11) is 1.75. The minimum Gasteiger partial charge on any atom is -0.340 e. The predicted octanol–water partition coefficient (Wildman–Crippen LogP) is 3.15. The standard InChI is InChI=1S/C22H22ClN5O2/c1-26(12-13-27-10-4-5-11-27)22(30)18-19(29)14-8-9-17(23)25-20(14)28-16-7-3-2-6-15(16)24-21(18)28/h2-3,6-9,24H,4-5,10-13H2,1H3. The van der Waals surface area contributed by atoms with E-state index in [1.807, 2.05) is 28.7 Å². The molecule has 5 rings (SSSR count). The van der Waals surface area contributed by atoms with E-state index in [0.29, 0.717) is 28.4 Å². The first-order valence-corrected chi connectivity index (χ1v) is 10.5. The number of halogens is 1.